The number of nitrogens with zero attached hydrogens (tertiary/aromatic N) is 3. The maximum absolute atomic E-state index is 5.56. The molecule has 2 N–H and O–H groups in total. The number of pyridine rings is 1. The van der Waals surface area contributed by atoms with Crippen molar-refractivity contribution in [3.63, 3.8) is 0 Å². The average Bonchev–Trinajstić information content (AvgIpc) is 2.95. The van der Waals surface area contributed by atoms with Crippen molar-refractivity contribution in [2.75, 3.05) is 13.7 Å². The standard InChI is InChI=1S/C16H22N4O/c1-21-15-4-6-18-16(9-15)13-10-19-20(11-13)14-7-12(8-14)3-2-5-17/h4,6,9-12,14H,2-3,5,7-8,17H2,1H3. The van der Waals surface area contributed by atoms with E-state index in [4.69, 9.17) is 10.5 Å². The molecule has 21 heavy (non-hydrogen) atoms. The number of methoxy groups -OCH3 is 1. The Morgan fingerprint density at radius 3 is 3.05 bits per heavy atom. The zero-order valence-electron chi connectivity index (χ0n) is 12.4. The quantitative estimate of drug-likeness (QED) is 0.886. The minimum absolute atomic E-state index is 0.534. The fourth-order valence-corrected chi connectivity index (χ4v) is 2.92. The van der Waals surface area contributed by atoms with Gasteiger partial charge in [-0.05, 0) is 44.2 Å². The van der Waals surface area contributed by atoms with Crippen LogP contribution in [0.15, 0.2) is 30.7 Å². The van der Waals surface area contributed by atoms with Gasteiger partial charge in [-0.3, -0.25) is 9.67 Å². The molecule has 0 saturated heterocycles. The molecule has 5 nitrogen and oxygen atoms in total. The van der Waals surface area contributed by atoms with Gasteiger partial charge in [-0.15, -0.1) is 0 Å². The lowest BCUT2D eigenvalue weighted by atomic mass is 9.77. The van der Waals surface area contributed by atoms with Crippen LogP contribution in [0, 0.1) is 5.92 Å². The SMILES string of the molecule is COc1ccnc(-c2cnn(C3CC(CCCN)C3)c2)c1. The van der Waals surface area contributed by atoms with E-state index in [1.54, 1.807) is 13.3 Å². The Hall–Kier alpha value is -1.88. The summed E-state index contributed by atoms with van der Waals surface area (Å²) in [7, 11) is 1.67. The van der Waals surface area contributed by atoms with Crippen molar-refractivity contribution in [1.82, 2.24) is 14.8 Å². The molecule has 0 aromatic carbocycles. The number of nitrogens with two attached hydrogens (primary N) is 1. The van der Waals surface area contributed by atoms with Gasteiger partial charge in [0.2, 0.25) is 0 Å². The molecule has 1 aliphatic carbocycles. The van der Waals surface area contributed by atoms with E-state index in [1.165, 1.54) is 19.3 Å². The first-order valence-electron chi connectivity index (χ1n) is 7.54. The summed E-state index contributed by atoms with van der Waals surface area (Å²) in [5.74, 6) is 1.64. The fraction of sp³-hybridized carbons (Fsp3) is 0.500. The van der Waals surface area contributed by atoms with Crippen molar-refractivity contribution in [1.29, 1.82) is 0 Å². The van der Waals surface area contributed by atoms with E-state index >= 15 is 0 Å². The van der Waals surface area contributed by atoms with Gasteiger partial charge in [-0.25, -0.2) is 0 Å². The first-order chi connectivity index (χ1) is 10.3. The van der Waals surface area contributed by atoms with Gasteiger partial charge in [0, 0.05) is 24.0 Å². The maximum atomic E-state index is 5.56. The minimum atomic E-state index is 0.534. The van der Waals surface area contributed by atoms with Crippen LogP contribution in [0.1, 0.15) is 31.7 Å². The Bertz CT molecular complexity index is 589. The van der Waals surface area contributed by atoms with Gasteiger partial charge in [-0.2, -0.15) is 5.10 Å². The third-order valence-corrected chi connectivity index (χ3v) is 4.27. The zero-order valence-corrected chi connectivity index (χ0v) is 12.4. The van der Waals surface area contributed by atoms with E-state index in [2.05, 4.69) is 21.0 Å². The number of ether oxygens (including phenoxy) is 1. The summed E-state index contributed by atoms with van der Waals surface area (Å²) in [6.45, 7) is 0.800. The molecule has 1 saturated carbocycles. The van der Waals surface area contributed by atoms with Crippen molar-refractivity contribution in [3.05, 3.63) is 30.7 Å². The third-order valence-electron chi connectivity index (χ3n) is 4.27. The average molecular weight is 286 g/mol. The van der Waals surface area contributed by atoms with E-state index in [1.807, 2.05) is 18.3 Å². The van der Waals surface area contributed by atoms with Gasteiger partial charge in [0.15, 0.2) is 0 Å². The summed E-state index contributed by atoms with van der Waals surface area (Å²) in [6.07, 6.45) is 10.5. The Labute approximate surface area is 125 Å². The van der Waals surface area contributed by atoms with E-state index in [0.717, 1.165) is 35.9 Å². The van der Waals surface area contributed by atoms with Crippen LogP contribution in [0.2, 0.25) is 0 Å². The highest BCUT2D eigenvalue weighted by Crippen LogP contribution is 2.40. The summed E-state index contributed by atoms with van der Waals surface area (Å²) in [6, 6.07) is 4.32. The van der Waals surface area contributed by atoms with Crippen molar-refractivity contribution in [2.45, 2.75) is 31.7 Å². The van der Waals surface area contributed by atoms with Gasteiger partial charge in [0.05, 0.1) is 25.0 Å². The molecule has 3 rings (SSSR count). The Kier molecular flexibility index (Phi) is 4.20. The first-order valence-corrected chi connectivity index (χ1v) is 7.54. The largest absolute Gasteiger partial charge is 0.497 e. The summed E-state index contributed by atoms with van der Waals surface area (Å²) < 4.78 is 7.32. The molecule has 5 heteroatoms. The van der Waals surface area contributed by atoms with E-state index in [9.17, 15) is 0 Å². The van der Waals surface area contributed by atoms with Gasteiger partial charge in [0.1, 0.15) is 5.75 Å². The number of hydrogen-bond donors (Lipinski definition) is 1. The van der Waals surface area contributed by atoms with Crippen LogP contribution >= 0.6 is 0 Å². The summed E-state index contributed by atoms with van der Waals surface area (Å²) in [5, 5.41) is 4.50. The summed E-state index contributed by atoms with van der Waals surface area (Å²) in [5.41, 5.74) is 7.50. The highest BCUT2D eigenvalue weighted by Gasteiger charge is 2.30. The van der Waals surface area contributed by atoms with Gasteiger partial charge >= 0.3 is 0 Å². The van der Waals surface area contributed by atoms with Gasteiger partial charge < -0.3 is 10.5 Å². The van der Waals surface area contributed by atoms with Crippen LogP contribution in [-0.4, -0.2) is 28.4 Å². The number of rotatable bonds is 6. The molecule has 0 radical (unpaired) electrons. The smallest absolute Gasteiger partial charge is 0.122 e. The Morgan fingerprint density at radius 1 is 1.43 bits per heavy atom. The fourth-order valence-electron chi connectivity index (χ4n) is 2.92. The molecule has 0 aliphatic heterocycles. The Morgan fingerprint density at radius 2 is 2.29 bits per heavy atom. The predicted molar refractivity (Wildman–Crippen MR) is 82.1 cm³/mol. The second kappa shape index (κ2) is 6.26. The molecule has 2 aromatic heterocycles. The lowest BCUT2D eigenvalue weighted by molar-refractivity contribution is 0.171. The lowest BCUT2D eigenvalue weighted by Crippen LogP contribution is -2.27. The third kappa shape index (κ3) is 3.08. The van der Waals surface area contributed by atoms with Crippen LogP contribution in [0.25, 0.3) is 11.3 Å². The van der Waals surface area contributed by atoms with E-state index < -0.39 is 0 Å². The molecular weight excluding hydrogens is 264 g/mol. The molecule has 0 unspecified atom stereocenters. The van der Waals surface area contributed by atoms with Crippen LogP contribution < -0.4 is 10.5 Å². The van der Waals surface area contributed by atoms with Gasteiger partial charge in [-0.1, -0.05) is 0 Å². The van der Waals surface area contributed by atoms with Crippen LogP contribution in [0.5, 0.6) is 5.75 Å². The molecule has 0 atom stereocenters. The second-order valence-electron chi connectivity index (χ2n) is 5.71. The molecular formula is C16H22N4O. The van der Waals surface area contributed by atoms with Crippen molar-refractivity contribution >= 4 is 0 Å². The van der Waals surface area contributed by atoms with Gasteiger partial charge in [0.25, 0.3) is 0 Å². The molecule has 0 spiro atoms. The highest BCUT2D eigenvalue weighted by atomic mass is 16.5. The van der Waals surface area contributed by atoms with Crippen LogP contribution in [0.4, 0.5) is 0 Å². The molecule has 0 bridgehead atoms. The van der Waals surface area contributed by atoms with Crippen LogP contribution in [0.3, 0.4) is 0 Å². The highest BCUT2D eigenvalue weighted by molar-refractivity contribution is 5.58. The molecule has 0 amide bonds. The maximum Gasteiger partial charge on any atom is 0.122 e. The molecule has 2 aromatic rings. The zero-order chi connectivity index (χ0) is 14.7. The van der Waals surface area contributed by atoms with Crippen LogP contribution in [-0.2, 0) is 0 Å². The monoisotopic (exact) mass is 286 g/mol. The normalized spacial score (nSPS) is 21.0. The van der Waals surface area contributed by atoms with Crippen molar-refractivity contribution in [2.24, 2.45) is 11.7 Å². The minimum Gasteiger partial charge on any atom is -0.497 e. The topological polar surface area (TPSA) is 66.0 Å². The van der Waals surface area contributed by atoms with E-state index in [0.29, 0.717) is 6.04 Å². The molecule has 112 valence electrons. The molecule has 1 aliphatic rings. The first kappa shape index (κ1) is 14.1. The number of aromatic nitrogens is 3. The summed E-state index contributed by atoms with van der Waals surface area (Å²) in [4.78, 5) is 4.38. The van der Waals surface area contributed by atoms with E-state index in [-0.39, 0.29) is 0 Å². The number of hydrogen-bond acceptors (Lipinski definition) is 4. The summed E-state index contributed by atoms with van der Waals surface area (Å²) >= 11 is 0. The van der Waals surface area contributed by atoms with Crippen molar-refractivity contribution in [3.8, 4) is 17.0 Å². The van der Waals surface area contributed by atoms with Crippen molar-refractivity contribution < 1.29 is 4.74 Å². The predicted octanol–water partition coefficient (Wildman–Crippen LogP) is 2.64. The molecule has 2 heterocycles. The lowest BCUT2D eigenvalue weighted by Gasteiger charge is -2.35. The Balaban J connectivity index is 1.64. The second-order valence-corrected chi connectivity index (χ2v) is 5.71. The molecule has 1 fully saturated rings.